The van der Waals surface area contributed by atoms with Crippen LogP contribution in [0.1, 0.15) is 64.2 Å². The normalized spacial score (nSPS) is 15.7. The highest BCUT2D eigenvalue weighted by atomic mass is 19.1. The fourth-order valence-corrected chi connectivity index (χ4v) is 5.84. The van der Waals surface area contributed by atoms with Crippen LogP contribution in [0.4, 0.5) is 4.39 Å². The molecule has 0 spiro atoms. The van der Waals surface area contributed by atoms with Crippen molar-refractivity contribution in [2.75, 3.05) is 0 Å². The van der Waals surface area contributed by atoms with E-state index < -0.39 is 21.7 Å². The second kappa shape index (κ2) is 8.99. The summed E-state index contributed by atoms with van der Waals surface area (Å²) >= 11 is 0. The summed E-state index contributed by atoms with van der Waals surface area (Å²) in [5.74, 6) is 0.478. The molecule has 0 aliphatic heterocycles. The van der Waals surface area contributed by atoms with Gasteiger partial charge in [-0.25, -0.2) is 14.4 Å². The Kier molecular flexibility index (Phi) is 6.35. The number of hydrogen-bond acceptors (Lipinski definition) is 3. The van der Waals surface area contributed by atoms with Gasteiger partial charge in [0.2, 0.25) is 0 Å². The Morgan fingerprint density at radius 2 is 1.03 bits per heavy atom. The largest absolute Gasteiger partial charge is 0.261 e. The highest BCUT2D eigenvalue weighted by Gasteiger charge is 2.64. The molecule has 2 heterocycles. The lowest BCUT2D eigenvalue weighted by Gasteiger charge is -2.60. The molecule has 4 heteroatoms. The Morgan fingerprint density at radius 1 is 0.514 bits per heavy atom. The van der Waals surface area contributed by atoms with E-state index in [9.17, 15) is 4.39 Å². The zero-order chi connectivity index (χ0) is 25.3. The number of halogens is 1. The van der Waals surface area contributed by atoms with Crippen molar-refractivity contribution in [2.45, 2.75) is 63.2 Å². The van der Waals surface area contributed by atoms with Gasteiger partial charge < -0.3 is 0 Å². The second-order valence-electron chi connectivity index (χ2n) is 10.7. The quantitative estimate of drug-likeness (QED) is 0.289. The van der Waals surface area contributed by atoms with Crippen LogP contribution in [-0.2, 0) is 21.7 Å². The van der Waals surface area contributed by atoms with Crippen molar-refractivity contribution in [3.05, 3.63) is 126 Å². The summed E-state index contributed by atoms with van der Waals surface area (Å²) in [7, 11) is 0. The van der Waals surface area contributed by atoms with Crippen LogP contribution in [0.3, 0.4) is 0 Å². The van der Waals surface area contributed by atoms with Crippen molar-refractivity contribution in [3.8, 4) is 0 Å². The van der Waals surface area contributed by atoms with E-state index in [-0.39, 0.29) is 5.82 Å². The molecule has 2 aromatic carbocycles. The predicted molar refractivity (Wildman–Crippen MR) is 140 cm³/mol. The van der Waals surface area contributed by atoms with Crippen molar-refractivity contribution in [1.82, 2.24) is 15.0 Å². The molecule has 0 radical (unpaired) electrons. The Hall–Kier alpha value is -3.40. The van der Waals surface area contributed by atoms with E-state index in [0.29, 0.717) is 0 Å². The van der Waals surface area contributed by atoms with Crippen molar-refractivity contribution in [3.63, 3.8) is 0 Å². The van der Waals surface area contributed by atoms with E-state index in [0.717, 1.165) is 17.1 Å². The summed E-state index contributed by atoms with van der Waals surface area (Å²) in [6.45, 7) is 13.5. The molecular weight excluding hydrogens is 433 g/mol. The van der Waals surface area contributed by atoms with Crippen LogP contribution in [0.15, 0.2) is 97.5 Å². The van der Waals surface area contributed by atoms with Crippen molar-refractivity contribution >= 4 is 0 Å². The summed E-state index contributed by atoms with van der Waals surface area (Å²) in [6, 6.07) is 25.3. The summed E-state index contributed by atoms with van der Waals surface area (Å²) in [4.78, 5) is 14.6. The maximum atomic E-state index is 14.0. The van der Waals surface area contributed by atoms with Gasteiger partial charge in [-0.2, -0.15) is 0 Å². The molecular formula is C31H34FN3. The van der Waals surface area contributed by atoms with Gasteiger partial charge in [0.25, 0.3) is 0 Å². The molecule has 2 aromatic heterocycles. The predicted octanol–water partition coefficient (Wildman–Crippen LogP) is 7.18. The molecule has 2 atom stereocenters. The molecule has 35 heavy (non-hydrogen) atoms. The summed E-state index contributed by atoms with van der Waals surface area (Å²) in [6.07, 6.45) is 5.46. The number of rotatable bonds is 7. The Bertz CT molecular complexity index is 1260. The first-order valence-electron chi connectivity index (χ1n) is 12.1. The van der Waals surface area contributed by atoms with E-state index >= 15 is 0 Å². The van der Waals surface area contributed by atoms with Crippen molar-refractivity contribution < 1.29 is 4.39 Å². The van der Waals surface area contributed by atoms with E-state index in [1.165, 1.54) is 17.7 Å². The van der Waals surface area contributed by atoms with Crippen LogP contribution < -0.4 is 0 Å². The molecule has 0 saturated heterocycles. The standard InChI is InChI=1S/C31H34FN3/c1-28(2,23-13-8-7-9-14-23)30(5,26-15-10-11-20-33-26)31(6,27-34-21-12-22-35-27)29(3,4)24-16-18-25(32)19-17-24/h7-22H,1-6H3. The Labute approximate surface area is 208 Å². The van der Waals surface area contributed by atoms with Gasteiger partial charge in [-0.15, -0.1) is 0 Å². The van der Waals surface area contributed by atoms with Gasteiger partial charge in [0.15, 0.2) is 0 Å². The second-order valence-corrected chi connectivity index (χ2v) is 10.7. The van der Waals surface area contributed by atoms with E-state index in [1.54, 1.807) is 12.4 Å². The molecule has 0 aliphatic rings. The van der Waals surface area contributed by atoms with Gasteiger partial charge in [0.05, 0.1) is 0 Å². The van der Waals surface area contributed by atoms with Gasteiger partial charge >= 0.3 is 0 Å². The highest BCUT2D eigenvalue weighted by molar-refractivity contribution is 5.46. The van der Waals surface area contributed by atoms with Crippen LogP contribution in [0.5, 0.6) is 0 Å². The molecule has 3 nitrogen and oxygen atoms in total. The summed E-state index contributed by atoms with van der Waals surface area (Å²) < 4.78 is 14.0. The molecule has 0 saturated carbocycles. The van der Waals surface area contributed by atoms with Gasteiger partial charge in [0.1, 0.15) is 11.6 Å². The summed E-state index contributed by atoms with van der Waals surface area (Å²) in [5, 5.41) is 0. The van der Waals surface area contributed by atoms with Gasteiger partial charge in [0, 0.05) is 45.9 Å². The minimum absolute atomic E-state index is 0.251. The lowest BCUT2D eigenvalue weighted by molar-refractivity contribution is 0.0705. The first kappa shape index (κ1) is 24.7. The average molecular weight is 468 g/mol. The SMILES string of the molecule is CC(C)(c1ccccc1)C(C)(c1ccccn1)C(C)(c1ncccn1)C(C)(C)c1ccc(F)cc1. The smallest absolute Gasteiger partial charge is 0.135 e. The van der Waals surface area contributed by atoms with Crippen LogP contribution in [0.2, 0.25) is 0 Å². The van der Waals surface area contributed by atoms with E-state index in [4.69, 9.17) is 15.0 Å². The van der Waals surface area contributed by atoms with Crippen LogP contribution in [0, 0.1) is 5.82 Å². The minimum Gasteiger partial charge on any atom is -0.261 e. The van der Waals surface area contributed by atoms with Crippen LogP contribution in [0.25, 0.3) is 0 Å². The zero-order valence-corrected chi connectivity index (χ0v) is 21.5. The van der Waals surface area contributed by atoms with Gasteiger partial charge in [-0.05, 0) is 41.5 Å². The zero-order valence-electron chi connectivity index (χ0n) is 21.5. The molecule has 4 rings (SSSR count). The lowest BCUT2D eigenvalue weighted by Crippen LogP contribution is -2.64. The number of pyridine rings is 1. The Morgan fingerprint density at radius 3 is 1.60 bits per heavy atom. The molecule has 0 N–H and O–H groups in total. The first-order chi connectivity index (χ1) is 16.6. The Balaban J connectivity index is 2.12. The fourth-order valence-electron chi connectivity index (χ4n) is 5.84. The van der Waals surface area contributed by atoms with Crippen molar-refractivity contribution in [1.29, 1.82) is 0 Å². The van der Waals surface area contributed by atoms with Gasteiger partial charge in [-0.1, -0.05) is 90.1 Å². The third-order valence-corrected chi connectivity index (χ3v) is 8.75. The fraction of sp³-hybridized carbons (Fsp3) is 0.323. The molecule has 0 amide bonds. The maximum Gasteiger partial charge on any atom is 0.135 e. The number of benzene rings is 2. The topological polar surface area (TPSA) is 38.7 Å². The number of aromatic nitrogens is 3. The number of hydrogen-bond donors (Lipinski definition) is 0. The van der Waals surface area contributed by atoms with Gasteiger partial charge in [-0.3, -0.25) is 4.98 Å². The molecule has 0 bridgehead atoms. The average Bonchev–Trinajstić information content (AvgIpc) is 2.89. The molecule has 4 aromatic rings. The molecule has 2 unspecified atom stereocenters. The summed E-state index contributed by atoms with van der Waals surface area (Å²) in [5.41, 5.74) is 0.993. The third-order valence-electron chi connectivity index (χ3n) is 8.75. The highest BCUT2D eigenvalue weighted by Crippen LogP contribution is 2.61. The molecule has 0 fully saturated rings. The van der Waals surface area contributed by atoms with Crippen molar-refractivity contribution in [2.24, 2.45) is 0 Å². The third kappa shape index (κ3) is 3.76. The van der Waals surface area contributed by atoms with E-state index in [2.05, 4.69) is 71.9 Å². The lowest BCUT2D eigenvalue weighted by atomic mass is 9.42. The first-order valence-corrected chi connectivity index (χ1v) is 12.1. The number of nitrogens with zero attached hydrogens (tertiary/aromatic N) is 3. The molecule has 0 aliphatic carbocycles. The minimum atomic E-state index is -0.674. The maximum absolute atomic E-state index is 14.0. The monoisotopic (exact) mass is 467 g/mol. The molecule has 180 valence electrons. The van der Waals surface area contributed by atoms with E-state index in [1.807, 2.05) is 42.6 Å². The van der Waals surface area contributed by atoms with Crippen LogP contribution in [-0.4, -0.2) is 15.0 Å². The van der Waals surface area contributed by atoms with Crippen LogP contribution >= 0.6 is 0 Å².